The number of aliphatic hydroxyl groups is 1. The summed E-state index contributed by atoms with van der Waals surface area (Å²) < 4.78 is 37.0. The average molecular weight is 252 g/mol. The SMILES string of the molecule is OCC1(c2ncc(C(F)(F)F)cc2Cl)CC1. The Labute approximate surface area is 95.1 Å². The van der Waals surface area contributed by atoms with Crippen LogP contribution in [0.25, 0.3) is 0 Å². The summed E-state index contributed by atoms with van der Waals surface area (Å²) in [6.45, 7) is -0.134. The third-order valence-electron chi connectivity index (χ3n) is 2.83. The summed E-state index contributed by atoms with van der Waals surface area (Å²) in [7, 11) is 0. The van der Waals surface area contributed by atoms with Crippen LogP contribution in [0.15, 0.2) is 12.3 Å². The van der Waals surface area contributed by atoms with Crippen molar-refractivity contribution in [3.05, 3.63) is 28.5 Å². The van der Waals surface area contributed by atoms with Crippen LogP contribution in [0.2, 0.25) is 5.02 Å². The van der Waals surface area contributed by atoms with Crippen LogP contribution in [0, 0.1) is 0 Å². The maximum Gasteiger partial charge on any atom is 0.417 e. The number of halogens is 4. The zero-order valence-electron chi connectivity index (χ0n) is 8.18. The number of hydrogen-bond acceptors (Lipinski definition) is 2. The number of rotatable bonds is 2. The molecule has 0 saturated heterocycles. The maximum absolute atomic E-state index is 12.3. The van der Waals surface area contributed by atoms with Gasteiger partial charge in [-0.3, -0.25) is 4.98 Å². The third-order valence-corrected chi connectivity index (χ3v) is 3.12. The smallest absolute Gasteiger partial charge is 0.395 e. The fraction of sp³-hybridized carbons (Fsp3) is 0.500. The molecular weight excluding hydrogens is 243 g/mol. The molecule has 1 fully saturated rings. The van der Waals surface area contributed by atoms with Gasteiger partial charge in [0.2, 0.25) is 0 Å². The molecule has 0 spiro atoms. The van der Waals surface area contributed by atoms with Crippen molar-refractivity contribution in [3.8, 4) is 0 Å². The van der Waals surface area contributed by atoms with Gasteiger partial charge in [0.1, 0.15) is 0 Å². The molecule has 1 heterocycles. The number of nitrogens with zero attached hydrogens (tertiary/aromatic N) is 1. The Morgan fingerprint density at radius 1 is 1.44 bits per heavy atom. The van der Waals surface area contributed by atoms with Crippen molar-refractivity contribution in [1.82, 2.24) is 4.98 Å². The second-order valence-corrected chi connectivity index (χ2v) is 4.40. The van der Waals surface area contributed by atoms with E-state index in [1.54, 1.807) is 0 Å². The number of pyridine rings is 1. The number of aliphatic hydroxyl groups excluding tert-OH is 1. The molecule has 1 N–H and O–H groups in total. The van der Waals surface area contributed by atoms with Crippen LogP contribution in [0.5, 0.6) is 0 Å². The van der Waals surface area contributed by atoms with Crippen molar-refractivity contribution >= 4 is 11.6 Å². The molecule has 0 atom stereocenters. The highest BCUT2D eigenvalue weighted by Crippen LogP contribution is 2.49. The van der Waals surface area contributed by atoms with Gasteiger partial charge in [0.15, 0.2) is 0 Å². The zero-order valence-corrected chi connectivity index (χ0v) is 8.94. The highest BCUT2D eigenvalue weighted by molar-refractivity contribution is 6.31. The molecular formula is C10H9ClF3NO. The minimum absolute atomic E-state index is 0.0265. The Kier molecular flexibility index (Phi) is 2.62. The van der Waals surface area contributed by atoms with Crippen LogP contribution in [0.1, 0.15) is 24.1 Å². The van der Waals surface area contributed by atoms with E-state index < -0.39 is 17.2 Å². The Morgan fingerprint density at radius 3 is 2.44 bits per heavy atom. The van der Waals surface area contributed by atoms with Gasteiger partial charge in [0.25, 0.3) is 0 Å². The molecule has 1 aromatic heterocycles. The van der Waals surface area contributed by atoms with Crippen molar-refractivity contribution in [1.29, 1.82) is 0 Å². The molecule has 0 amide bonds. The fourth-order valence-electron chi connectivity index (χ4n) is 1.60. The van der Waals surface area contributed by atoms with Crippen molar-refractivity contribution < 1.29 is 18.3 Å². The Morgan fingerprint density at radius 2 is 2.06 bits per heavy atom. The first-order valence-corrected chi connectivity index (χ1v) is 5.11. The van der Waals surface area contributed by atoms with Gasteiger partial charge in [-0.1, -0.05) is 11.6 Å². The first-order valence-electron chi connectivity index (χ1n) is 4.73. The van der Waals surface area contributed by atoms with Crippen molar-refractivity contribution in [2.45, 2.75) is 24.4 Å². The monoisotopic (exact) mass is 251 g/mol. The van der Waals surface area contributed by atoms with Crippen molar-refractivity contribution in [2.24, 2.45) is 0 Å². The van der Waals surface area contributed by atoms with Gasteiger partial charge >= 0.3 is 6.18 Å². The molecule has 6 heteroatoms. The molecule has 1 saturated carbocycles. The Balaban J connectivity index is 2.38. The minimum Gasteiger partial charge on any atom is -0.395 e. The van der Waals surface area contributed by atoms with Gasteiger partial charge in [-0.25, -0.2) is 0 Å². The third kappa shape index (κ3) is 1.89. The summed E-state index contributed by atoms with van der Waals surface area (Å²) in [5.74, 6) is 0. The van der Waals surface area contributed by atoms with Crippen molar-refractivity contribution in [2.75, 3.05) is 6.61 Å². The quantitative estimate of drug-likeness (QED) is 0.877. The predicted octanol–water partition coefficient (Wildman–Crippen LogP) is 2.78. The second kappa shape index (κ2) is 3.60. The molecule has 1 aliphatic rings. The highest BCUT2D eigenvalue weighted by atomic mass is 35.5. The molecule has 0 bridgehead atoms. The Bertz CT molecular complexity index is 415. The zero-order chi connectivity index (χ0) is 12.0. The van der Waals surface area contributed by atoms with Gasteiger partial charge in [0, 0.05) is 11.6 Å². The van der Waals surface area contributed by atoms with Crippen molar-refractivity contribution in [3.63, 3.8) is 0 Å². The number of aromatic nitrogens is 1. The number of alkyl halides is 3. The van der Waals surface area contributed by atoms with Crippen LogP contribution in [-0.2, 0) is 11.6 Å². The summed E-state index contributed by atoms with van der Waals surface area (Å²) in [6.07, 6.45) is -2.26. The van der Waals surface area contributed by atoms with E-state index in [9.17, 15) is 13.2 Å². The van der Waals surface area contributed by atoms with Crippen LogP contribution < -0.4 is 0 Å². The molecule has 2 rings (SSSR count). The van der Waals surface area contributed by atoms with Gasteiger partial charge in [0.05, 0.1) is 22.9 Å². The van der Waals surface area contributed by atoms with Gasteiger partial charge < -0.3 is 5.11 Å². The minimum atomic E-state index is -4.44. The molecule has 2 nitrogen and oxygen atoms in total. The molecule has 0 unspecified atom stereocenters. The molecule has 0 aromatic carbocycles. The van der Waals surface area contributed by atoms with Gasteiger partial charge in [-0.05, 0) is 18.9 Å². The van der Waals surface area contributed by atoms with E-state index in [0.29, 0.717) is 18.5 Å². The van der Waals surface area contributed by atoms with Crippen LogP contribution in [-0.4, -0.2) is 16.7 Å². The summed E-state index contributed by atoms with van der Waals surface area (Å²) in [5.41, 5.74) is -1.01. The van der Waals surface area contributed by atoms with Crippen LogP contribution in [0.4, 0.5) is 13.2 Å². The number of hydrogen-bond donors (Lipinski definition) is 1. The lowest BCUT2D eigenvalue weighted by molar-refractivity contribution is -0.137. The van der Waals surface area contributed by atoms with E-state index in [0.717, 1.165) is 12.3 Å². The summed E-state index contributed by atoms with van der Waals surface area (Å²) >= 11 is 5.77. The molecule has 1 aromatic rings. The van der Waals surface area contributed by atoms with Crippen LogP contribution >= 0.6 is 11.6 Å². The van der Waals surface area contributed by atoms with E-state index in [1.165, 1.54) is 0 Å². The van der Waals surface area contributed by atoms with E-state index in [2.05, 4.69) is 4.98 Å². The standard InChI is InChI=1S/C10H9ClF3NO/c11-7-3-6(10(12,13)14)4-15-8(7)9(5-16)1-2-9/h3-4,16H,1-2,5H2. The molecule has 1 aliphatic carbocycles. The summed E-state index contributed by atoms with van der Waals surface area (Å²) in [6, 6.07) is 0.861. The summed E-state index contributed by atoms with van der Waals surface area (Å²) in [5, 5.41) is 9.12. The van der Waals surface area contributed by atoms with Gasteiger partial charge in [-0.15, -0.1) is 0 Å². The highest BCUT2D eigenvalue weighted by Gasteiger charge is 2.47. The Hall–Kier alpha value is -0.810. The maximum atomic E-state index is 12.3. The topological polar surface area (TPSA) is 33.1 Å². The lowest BCUT2D eigenvalue weighted by Crippen LogP contribution is -2.16. The largest absolute Gasteiger partial charge is 0.417 e. The lowest BCUT2D eigenvalue weighted by Gasteiger charge is -2.14. The molecule has 16 heavy (non-hydrogen) atoms. The van der Waals surface area contributed by atoms with Crippen LogP contribution in [0.3, 0.4) is 0 Å². The molecule has 0 radical (unpaired) electrons. The molecule has 0 aliphatic heterocycles. The predicted molar refractivity (Wildman–Crippen MR) is 52.2 cm³/mol. The van der Waals surface area contributed by atoms with Gasteiger partial charge in [-0.2, -0.15) is 13.2 Å². The molecule has 88 valence electrons. The van der Waals surface area contributed by atoms with E-state index >= 15 is 0 Å². The normalized spacial score (nSPS) is 18.6. The first-order chi connectivity index (χ1) is 7.39. The fourth-order valence-corrected chi connectivity index (χ4v) is 1.97. The second-order valence-electron chi connectivity index (χ2n) is 3.99. The van der Waals surface area contributed by atoms with E-state index in [4.69, 9.17) is 16.7 Å². The lowest BCUT2D eigenvalue weighted by atomic mass is 10.0. The van der Waals surface area contributed by atoms with E-state index in [1.807, 2.05) is 0 Å². The first kappa shape index (κ1) is 11.7. The average Bonchev–Trinajstić information content (AvgIpc) is 2.97. The summed E-state index contributed by atoms with van der Waals surface area (Å²) in [4.78, 5) is 3.74. The van der Waals surface area contributed by atoms with E-state index in [-0.39, 0.29) is 11.6 Å².